The number of thioether (sulfide) groups is 1. The Morgan fingerprint density at radius 1 is 1.25 bits per heavy atom. The van der Waals surface area contributed by atoms with Gasteiger partial charge in [-0.1, -0.05) is 54.9 Å². The zero-order valence-electron chi connectivity index (χ0n) is 13.9. The van der Waals surface area contributed by atoms with Crippen molar-refractivity contribution < 1.29 is 4.79 Å². The van der Waals surface area contributed by atoms with Crippen molar-refractivity contribution in [3.05, 3.63) is 39.6 Å². The van der Waals surface area contributed by atoms with Crippen molar-refractivity contribution in [2.75, 3.05) is 0 Å². The molecule has 0 aliphatic carbocycles. The zero-order valence-corrected chi connectivity index (χ0v) is 16.3. The average molecular weight is 387 g/mol. The Morgan fingerprint density at radius 2 is 1.96 bits per heavy atom. The van der Waals surface area contributed by atoms with Gasteiger partial charge in [0.15, 0.2) is 0 Å². The Hall–Kier alpha value is -1.24. The van der Waals surface area contributed by atoms with Crippen LogP contribution < -0.4 is 5.32 Å². The van der Waals surface area contributed by atoms with E-state index in [4.69, 9.17) is 23.2 Å². The molecule has 1 aromatic carbocycles. The summed E-state index contributed by atoms with van der Waals surface area (Å²) in [7, 11) is 0. The fraction of sp³-hybridized carbons (Fsp3) is 0.438. The second-order valence-electron chi connectivity index (χ2n) is 5.81. The number of aromatic amines is 1. The van der Waals surface area contributed by atoms with E-state index in [9.17, 15) is 4.79 Å². The monoisotopic (exact) mass is 386 g/mol. The van der Waals surface area contributed by atoms with Crippen molar-refractivity contribution in [2.45, 2.75) is 50.1 Å². The molecule has 5 nitrogen and oxygen atoms in total. The molecule has 0 aliphatic heterocycles. The standard InChI is InChI=1S/C16H20Cl2N4OS/c1-8(2)14-20-16(22-21-14)24-10(4)15(23)19-9(3)12-6-5-11(17)7-13(12)18/h5-10H,1-4H3,(H,19,23)(H,20,21,22)/t9-,10-/m0/s1. The Bertz CT molecular complexity index is 720. The van der Waals surface area contributed by atoms with Gasteiger partial charge in [-0.15, -0.1) is 5.10 Å². The fourth-order valence-corrected chi connectivity index (χ4v) is 3.35. The first-order valence-corrected chi connectivity index (χ1v) is 9.25. The van der Waals surface area contributed by atoms with Gasteiger partial charge < -0.3 is 5.32 Å². The first-order chi connectivity index (χ1) is 11.3. The van der Waals surface area contributed by atoms with Crippen LogP contribution in [0.4, 0.5) is 0 Å². The van der Waals surface area contributed by atoms with Crippen LogP contribution in [-0.4, -0.2) is 26.3 Å². The van der Waals surface area contributed by atoms with Gasteiger partial charge in [0.1, 0.15) is 5.82 Å². The maximum atomic E-state index is 12.4. The highest BCUT2D eigenvalue weighted by atomic mass is 35.5. The highest BCUT2D eigenvalue weighted by Gasteiger charge is 2.20. The van der Waals surface area contributed by atoms with Crippen molar-refractivity contribution in [2.24, 2.45) is 0 Å². The lowest BCUT2D eigenvalue weighted by Gasteiger charge is -2.18. The summed E-state index contributed by atoms with van der Waals surface area (Å²) >= 11 is 13.4. The lowest BCUT2D eigenvalue weighted by Crippen LogP contribution is -2.33. The Kier molecular flexibility index (Phi) is 6.54. The second kappa shape index (κ2) is 8.23. The molecule has 130 valence electrons. The molecule has 0 saturated heterocycles. The summed E-state index contributed by atoms with van der Waals surface area (Å²) in [5, 5.41) is 11.3. The number of nitrogens with one attached hydrogen (secondary N) is 2. The molecule has 0 spiro atoms. The number of hydrogen-bond acceptors (Lipinski definition) is 4. The summed E-state index contributed by atoms with van der Waals surface area (Å²) in [5.74, 6) is 0.976. The molecule has 1 heterocycles. The Morgan fingerprint density at radius 3 is 2.54 bits per heavy atom. The van der Waals surface area contributed by atoms with Gasteiger partial charge in [0.25, 0.3) is 0 Å². The molecule has 0 aliphatic rings. The molecule has 2 aromatic rings. The van der Waals surface area contributed by atoms with Crippen LogP contribution >= 0.6 is 35.0 Å². The third-order valence-corrected chi connectivity index (χ3v) is 4.99. The molecular formula is C16H20Cl2N4OS. The molecule has 0 fully saturated rings. The molecule has 1 amide bonds. The lowest BCUT2D eigenvalue weighted by atomic mass is 10.1. The van der Waals surface area contributed by atoms with Crippen molar-refractivity contribution in [1.29, 1.82) is 0 Å². The van der Waals surface area contributed by atoms with Gasteiger partial charge in [0.2, 0.25) is 11.1 Å². The summed E-state index contributed by atoms with van der Waals surface area (Å²) in [6.45, 7) is 7.76. The van der Waals surface area contributed by atoms with E-state index >= 15 is 0 Å². The maximum absolute atomic E-state index is 12.4. The van der Waals surface area contributed by atoms with Crippen molar-refractivity contribution >= 4 is 40.9 Å². The second-order valence-corrected chi connectivity index (χ2v) is 7.97. The number of carbonyl (C=O) groups is 1. The number of H-pyrrole nitrogens is 1. The molecule has 0 bridgehead atoms. The topological polar surface area (TPSA) is 70.7 Å². The molecule has 1 aromatic heterocycles. The van der Waals surface area contributed by atoms with E-state index in [0.29, 0.717) is 15.2 Å². The van der Waals surface area contributed by atoms with Crippen LogP contribution in [-0.2, 0) is 4.79 Å². The predicted molar refractivity (Wildman–Crippen MR) is 98.8 cm³/mol. The molecular weight excluding hydrogens is 367 g/mol. The van der Waals surface area contributed by atoms with Crippen LogP contribution in [0.25, 0.3) is 0 Å². The average Bonchev–Trinajstić information content (AvgIpc) is 2.95. The van der Waals surface area contributed by atoms with E-state index in [1.54, 1.807) is 12.1 Å². The van der Waals surface area contributed by atoms with Gasteiger partial charge in [0, 0.05) is 16.0 Å². The molecule has 0 radical (unpaired) electrons. The van der Waals surface area contributed by atoms with E-state index in [0.717, 1.165) is 11.4 Å². The summed E-state index contributed by atoms with van der Waals surface area (Å²) in [5.41, 5.74) is 0.826. The first kappa shape index (κ1) is 19.1. The smallest absolute Gasteiger partial charge is 0.233 e. The van der Waals surface area contributed by atoms with Crippen LogP contribution in [0.5, 0.6) is 0 Å². The predicted octanol–water partition coefficient (Wildman–Crippen LogP) is 4.59. The highest BCUT2D eigenvalue weighted by Crippen LogP contribution is 2.27. The quantitative estimate of drug-likeness (QED) is 0.711. The number of nitrogens with zero attached hydrogens (tertiary/aromatic N) is 2. The summed E-state index contributed by atoms with van der Waals surface area (Å²) in [6.07, 6.45) is 0. The van der Waals surface area contributed by atoms with Gasteiger partial charge in [-0.2, -0.15) is 0 Å². The zero-order chi connectivity index (χ0) is 17.9. The normalized spacial score (nSPS) is 13.8. The largest absolute Gasteiger partial charge is 0.349 e. The number of halogens is 2. The minimum Gasteiger partial charge on any atom is -0.349 e. The molecule has 8 heteroatoms. The van der Waals surface area contributed by atoms with Crippen LogP contribution in [0.15, 0.2) is 23.4 Å². The third kappa shape index (κ3) is 4.88. The van der Waals surface area contributed by atoms with Crippen LogP contribution in [0, 0.1) is 0 Å². The van der Waals surface area contributed by atoms with Crippen molar-refractivity contribution in [1.82, 2.24) is 20.5 Å². The number of aromatic nitrogens is 3. The number of amides is 1. The lowest BCUT2D eigenvalue weighted by molar-refractivity contribution is -0.120. The van der Waals surface area contributed by atoms with Gasteiger partial charge in [-0.3, -0.25) is 9.89 Å². The van der Waals surface area contributed by atoms with E-state index < -0.39 is 0 Å². The minimum atomic E-state index is -0.325. The molecule has 2 N–H and O–H groups in total. The van der Waals surface area contributed by atoms with Crippen molar-refractivity contribution in [3.63, 3.8) is 0 Å². The van der Waals surface area contributed by atoms with Gasteiger partial charge in [-0.05, 0) is 31.5 Å². The van der Waals surface area contributed by atoms with E-state index in [1.807, 2.05) is 33.8 Å². The third-order valence-electron chi connectivity index (χ3n) is 3.47. The Balaban J connectivity index is 1.97. The van der Waals surface area contributed by atoms with E-state index in [2.05, 4.69) is 20.5 Å². The van der Waals surface area contributed by atoms with Crippen LogP contribution in [0.3, 0.4) is 0 Å². The van der Waals surface area contributed by atoms with Crippen LogP contribution in [0.1, 0.15) is 51.0 Å². The van der Waals surface area contributed by atoms with Crippen molar-refractivity contribution in [3.8, 4) is 0 Å². The molecule has 0 unspecified atom stereocenters. The van der Waals surface area contributed by atoms with Gasteiger partial charge >= 0.3 is 0 Å². The summed E-state index contributed by atoms with van der Waals surface area (Å²) < 4.78 is 0. The molecule has 0 saturated carbocycles. The molecule has 24 heavy (non-hydrogen) atoms. The van der Waals surface area contributed by atoms with E-state index in [-0.39, 0.29) is 23.1 Å². The number of rotatable bonds is 6. The minimum absolute atomic E-state index is 0.102. The summed E-state index contributed by atoms with van der Waals surface area (Å²) in [4.78, 5) is 16.8. The Labute approximate surface area is 155 Å². The summed E-state index contributed by atoms with van der Waals surface area (Å²) in [6, 6.07) is 5.02. The number of benzene rings is 1. The van der Waals surface area contributed by atoms with Gasteiger partial charge in [-0.25, -0.2) is 4.98 Å². The van der Waals surface area contributed by atoms with Crippen LogP contribution in [0.2, 0.25) is 10.0 Å². The van der Waals surface area contributed by atoms with Gasteiger partial charge in [0.05, 0.1) is 11.3 Å². The molecule has 2 rings (SSSR count). The molecule has 2 atom stereocenters. The highest BCUT2D eigenvalue weighted by molar-refractivity contribution is 8.00. The number of hydrogen-bond donors (Lipinski definition) is 2. The first-order valence-electron chi connectivity index (χ1n) is 7.62. The SMILES string of the molecule is CC(C)c1nc(S[C@@H](C)C(=O)N[C@@H](C)c2ccc(Cl)cc2Cl)n[nH]1. The fourth-order valence-electron chi connectivity index (χ4n) is 2.04. The van der Waals surface area contributed by atoms with E-state index in [1.165, 1.54) is 11.8 Å². The number of carbonyl (C=O) groups excluding carboxylic acids is 1. The maximum Gasteiger partial charge on any atom is 0.233 e.